The lowest BCUT2D eigenvalue weighted by Crippen LogP contribution is -2.20. The molecule has 0 aliphatic heterocycles. The van der Waals surface area contributed by atoms with E-state index in [1.807, 2.05) is 48.5 Å². The standard InChI is InChI=1S/C25H22N2O3S/c1-17-7-3-4-8-20(17)25-27-21(16-31-25)18-11-13-19(14-12-18)26-24(28)15-30-23-10-6-5-9-22(23)29-2/h3-14,16H,15H2,1-2H3,(H,26,28). The Balaban J connectivity index is 1.38. The van der Waals surface area contributed by atoms with E-state index in [1.54, 1.807) is 30.6 Å². The molecule has 4 aromatic rings. The molecule has 0 aliphatic rings. The topological polar surface area (TPSA) is 60.5 Å². The second-order valence-corrected chi connectivity index (χ2v) is 7.78. The van der Waals surface area contributed by atoms with Crippen LogP contribution < -0.4 is 14.8 Å². The van der Waals surface area contributed by atoms with Crippen LogP contribution in [0.5, 0.6) is 11.5 Å². The predicted octanol–water partition coefficient (Wildman–Crippen LogP) is 5.81. The summed E-state index contributed by atoms with van der Waals surface area (Å²) in [6.45, 7) is 1.99. The lowest BCUT2D eigenvalue weighted by atomic mass is 10.1. The summed E-state index contributed by atoms with van der Waals surface area (Å²) in [6, 6.07) is 23.1. The summed E-state index contributed by atoms with van der Waals surface area (Å²) in [6.07, 6.45) is 0. The molecule has 156 valence electrons. The third-order valence-corrected chi connectivity index (χ3v) is 5.65. The Morgan fingerprint density at radius 3 is 2.42 bits per heavy atom. The number of thiazole rings is 1. The first-order chi connectivity index (χ1) is 15.1. The summed E-state index contributed by atoms with van der Waals surface area (Å²) < 4.78 is 10.8. The molecule has 0 saturated heterocycles. The summed E-state index contributed by atoms with van der Waals surface area (Å²) in [5.41, 5.74) is 4.97. The van der Waals surface area contributed by atoms with Crippen molar-refractivity contribution in [2.24, 2.45) is 0 Å². The number of rotatable bonds is 7. The molecule has 0 atom stereocenters. The van der Waals surface area contributed by atoms with Crippen LogP contribution in [0.25, 0.3) is 21.8 Å². The van der Waals surface area contributed by atoms with Gasteiger partial charge in [-0.05, 0) is 36.8 Å². The van der Waals surface area contributed by atoms with Gasteiger partial charge >= 0.3 is 0 Å². The van der Waals surface area contributed by atoms with Crippen molar-refractivity contribution in [1.82, 2.24) is 4.98 Å². The number of hydrogen-bond donors (Lipinski definition) is 1. The van der Waals surface area contributed by atoms with Crippen molar-refractivity contribution in [3.8, 4) is 33.3 Å². The van der Waals surface area contributed by atoms with E-state index in [1.165, 1.54) is 5.56 Å². The number of nitrogens with one attached hydrogen (secondary N) is 1. The van der Waals surface area contributed by atoms with E-state index in [0.717, 1.165) is 21.8 Å². The van der Waals surface area contributed by atoms with Gasteiger partial charge in [0.2, 0.25) is 0 Å². The molecule has 0 saturated carbocycles. The molecule has 0 aliphatic carbocycles. The van der Waals surface area contributed by atoms with Gasteiger partial charge in [0.15, 0.2) is 18.1 Å². The number of carbonyl (C=O) groups excluding carboxylic acids is 1. The number of para-hydroxylation sites is 2. The van der Waals surface area contributed by atoms with Crippen LogP contribution >= 0.6 is 11.3 Å². The number of benzene rings is 3. The SMILES string of the molecule is COc1ccccc1OCC(=O)Nc1ccc(-c2csc(-c3ccccc3C)n2)cc1. The number of aromatic nitrogens is 1. The number of nitrogens with zero attached hydrogens (tertiary/aromatic N) is 1. The Morgan fingerprint density at radius 1 is 0.968 bits per heavy atom. The maximum Gasteiger partial charge on any atom is 0.262 e. The Kier molecular flexibility index (Phi) is 6.29. The first-order valence-corrected chi connectivity index (χ1v) is 10.7. The van der Waals surface area contributed by atoms with Crippen molar-refractivity contribution in [2.75, 3.05) is 19.0 Å². The highest BCUT2D eigenvalue weighted by atomic mass is 32.1. The minimum atomic E-state index is -0.242. The number of hydrogen-bond acceptors (Lipinski definition) is 5. The number of methoxy groups -OCH3 is 1. The van der Waals surface area contributed by atoms with Crippen molar-refractivity contribution in [2.45, 2.75) is 6.92 Å². The van der Waals surface area contributed by atoms with Gasteiger partial charge in [0.05, 0.1) is 12.8 Å². The molecule has 0 radical (unpaired) electrons. The summed E-state index contributed by atoms with van der Waals surface area (Å²) in [4.78, 5) is 17.0. The van der Waals surface area contributed by atoms with E-state index in [-0.39, 0.29) is 12.5 Å². The third-order valence-electron chi connectivity index (χ3n) is 4.77. The van der Waals surface area contributed by atoms with Gasteiger partial charge in [-0.3, -0.25) is 4.79 Å². The first kappa shape index (κ1) is 20.6. The van der Waals surface area contributed by atoms with Crippen LogP contribution in [-0.2, 0) is 4.79 Å². The van der Waals surface area contributed by atoms with Crippen LogP contribution in [-0.4, -0.2) is 24.6 Å². The van der Waals surface area contributed by atoms with E-state index < -0.39 is 0 Å². The molecule has 6 heteroatoms. The van der Waals surface area contributed by atoms with E-state index in [2.05, 4.69) is 29.8 Å². The van der Waals surface area contributed by atoms with E-state index in [4.69, 9.17) is 14.5 Å². The van der Waals surface area contributed by atoms with Crippen molar-refractivity contribution >= 4 is 22.9 Å². The molecule has 1 aromatic heterocycles. The summed E-state index contributed by atoms with van der Waals surface area (Å²) in [5.74, 6) is 0.880. The molecule has 5 nitrogen and oxygen atoms in total. The van der Waals surface area contributed by atoms with Gasteiger partial charge in [0.1, 0.15) is 5.01 Å². The Labute approximate surface area is 185 Å². The Bertz CT molecular complexity index is 1190. The second kappa shape index (κ2) is 9.45. The Hall–Kier alpha value is -3.64. The molecule has 0 fully saturated rings. The highest BCUT2D eigenvalue weighted by Crippen LogP contribution is 2.31. The Morgan fingerprint density at radius 2 is 1.68 bits per heavy atom. The second-order valence-electron chi connectivity index (χ2n) is 6.92. The first-order valence-electron chi connectivity index (χ1n) is 9.81. The van der Waals surface area contributed by atoms with E-state index >= 15 is 0 Å². The fourth-order valence-corrected chi connectivity index (χ4v) is 4.06. The molecule has 1 heterocycles. The van der Waals surface area contributed by atoms with Crippen molar-refractivity contribution in [1.29, 1.82) is 0 Å². The quantitative estimate of drug-likeness (QED) is 0.402. The number of amides is 1. The zero-order valence-corrected chi connectivity index (χ0v) is 18.1. The fraction of sp³-hybridized carbons (Fsp3) is 0.120. The molecule has 0 spiro atoms. The lowest BCUT2D eigenvalue weighted by Gasteiger charge is -2.10. The van der Waals surface area contributed by atoms with Gasteiger partial charge in [-0.15, -0.1) is 11.3 Å². The lowest BCUT2D eigenvalue weighted by molar-refractivity contribution is -0.118. The molecule has 0 unspecified atom stereocenters. The summed E-state index contributed by atoms with van der Waals surface area (Å²) >= 11 is 1.63. The average molecular weight is 431 g/mol. The van der Waals surface area contributed by atoms with E-state index in [9.17, 15) is 4.79 Å². The van der Waals surface area contributed by atoms with Crippen LogP contribution in [0, 0.1) is 6.92 Å². The van der Waals surface area contributed by atoms with Crippen molar-refractivity contribution < 1.29 is 14.3 Å². The minimum Gasteiger partial charge on any atom is -0.493 e. The summed E-state index contributed by atoms with van der Waals surface area (Å²) in [7, 11) is 1.57. The average Bonchev–Trinajstić information content (AvgIpc) is 3.29. The maximum absolute atomic E-state index is 12.2. The number of aryl methyl sites for hydroxylation is 1. The zero-order valence-electron chi connectivity index (χ0n) is 17.3. The van der Waals surface area contributed by atoms with E-state index in [0.29, 0.717) is 17.2 Å². The van der Waals surface area contributed by atoms with Crippen LogP contribution in [0.15, 0.2) is 78.2 Å². The zero-order chi connectivity index (χ0) is 21.6. The van der Waals surface area contributed by atoms with Gasteiger partial charge in [0, 0.05) is 22.2 Å². The highest BCUT2D eigenvalue weighted by molar-refractivity contribution is 7.13. The summed E-state index contributed by atoms with van der Waals surface area (Å²) in [5, 5.41) is 5.90. The van der Waals surface area contributed by atoms with Crippen LogP contribution in [0.2, 0.25) is 0 Å². The number of anilines is 1. The largest absolute Gasteiger partial charge is 0.493 e. The van der Waals surface area contributed by atoms with Crippen molar-refractivity contribution in [3.05, 3.63) is 83.7 Å². The van der Waals surface area contributed by atoms with Gasteiger partial charge in [-0.25, -0.2) is 4.98 Å². The predicted molar refractivity (Wildman–Crippen MR) is 125 cm³/mol. The molecule has 1 amide bonds. The molecule has 1 N–H and O–H groups in total. The molecule has 31 heavy (non-hydrogen) atoms. The molecular formula is C25H22N2O3S. The van der Waals surface area contributed by atoms with Gasteiger partial charge in [0.25, 0.3) is 5.91 Å². The molecule has 3 aromatic carbocycles. The number of ether oxygens (including phenoxy) is 2. The minimum absolute atomic E-state index is 0.103. The van der Waals surface area contributed by atoms with Crippen molar-refractivity contribution in [3.63, 3.8) is 0 Å². The molecule has 4 rings (SSSR count). The van der Waals surface area contributed by atoms with Crippen LogP contribution in [0.3, 0.4) is 0 Å². The molecule has 0 bridgehead atoms. The van der Waals surface area contributed by atoms with Crippen LogP contribution in [0.4, 0.5) is 5.69 Å². The molecular weight excluding hydrogens is 408 g/mol. The fourth-order valence-electron chi connectivity index (χ4n) is 3.15. The third kappa shape index (κ3) is 4.92. The monoisotopic (exact) mass is 430 g/mol. The smallest absolute Gasteiger partial charge is 0.262 e. The highest BCUT2D eigenvalue weighted by Gasteiger charge is 2.10. The number of carbonyl (C=O) groups is 1. The van der Waals surface area contributed by atoms with Crippen LogP contribution in [0.1, 0.15) is 5.56 Å². The van der Waals surface area contributed by atoms with Gasteiger partial charge in [-0.1, -0.05) is 48.5 Å². The van der Waals surface area contributed by atoms with Gasteiger partial charge in [-0.2, -0.15) is 0 Å². The normalized spacial score (nSPS) is 10.5. The van der Waals surface area contributed by atoms with Gasteiger partial charge < -0.3 is 14.8 Å². The maximum atomic E-state index is 12.2.